The molecule has 2 aliphatic rings. The molecule has 5 rings (SSSR count). The predicted octanol–water partition coefficient (Wildman–Crippen LogP) is 5.34. The lowest BCUT2D eigenvalue weighted by atomic mass is 9.88. The lowest BCUT2D eigenvalue weighted by Gasteiger charge is -2.39. The van der Waals surface area contributed by atoms with Crippen LogP contribution in [0, 0.1) is 0 Å². The molecule has 3 aromatic rings. The average molecular weight is 458 g/mol. The van der Waals surface area contributed by atoms with Crippen LogP contribution in [0.4, 0.5) is 17.1 Å². The second-order valence-electron chi connectivity index (χ2n) is 8.77. The minimum atomic E-state index is -0.110. The van der Waals surface area contributed by atoms with Crippen molar-refractivity contribution in [3.8, 4) is 22.6 Å². The van der Waals surface area contributed by atoms with Crippen LogP contribution in [0.5, 0.6) is 11.5 Å². The first-order chi connectivity index (χ1) is 16.4. The zero-order valence-electron chi connectivity index (χ0n) is 19.4. The highest BCUT2D eigenvalue weighted by atomic mass is 16.7. The van der Waals surface area contributed by atoms with Crippen molar-refractivity contribution in [2.75, 3.05) is 22.3 Å². The molecule has 0 fully saturated rings. The number of nitrogens with one attached hydrogen (secondary N) is 2. The van der Waals surface area contributed by atoms with E-state index < -0.39 is 0 Å². The first kappa shape index (κ1) is 21.8. The molecule has 174 valence electrons. The van der Waals surface area contributed by atoms with Crippen molar-refractivity contribution in [2.24, 2.45) is 0 Å². The van der Waals surface area contributed by atoms with E-state index in [9.17, 15) is 9.59 Å². The molecule has 2 aliphatic heterocycles. The van der Waals surface area contributed by atoms with E-state index >= 15 is 0 Å². The summed E-state index contributed by atoms with van der Waals surface area (Å²) in [4.78, 5) is 25.9. The van der Waals surface area contributed by atoms with Gasteiger partial charge in [-0.3, -0.25) is 9.59 Å². The number of anilines is 3. The molecule has 0 aromatic heterocycles. The number of benzene rings is 3. The number of carbonyl (C=O) groups is 2. The van der Waals surface area contributed by atoms with E-state index in [1.165, 1.54) is 6.92 Å². The molecular formula is C27H27N3O4. The SMILES string of the molecule is CC(=O)Nc1cccc(-c2ccc3c(c2)[C@H](Nc2ccc4c(c2)OCO4)C[C@H](C)N3C(C)=O)c1. The Kier molecular flexibility index (Phi) is 5.61. The Balaban J connectivity index is 1.53. The molecule has 2 heterocycles. The molecule has 7 heteroatoms. The summed E-state index contributed by atoms with van der Waals surface area (Å²) in [5, 5.41) is 6.48. The van der Waals surface area contributed by atoms with Gasteiger partial charge in [-0.2, -0.15) is 0 Å². The van der Waals surface area contributed by atoms with E-state index in [-0.39, 0.29) is 30.7 Å². The van der Waals surface area contributed by atoms with Crippen molar-refractivity contribution in [3.63, 3.8) is 0 Å². The van der Waals surface area contributed by atoms with Crippen molar-refractivity contribution in [3.05, 3.63) is 66.2 Å². The average Bonchev–Trinajstić information content (AvgIpc) is 3.26. The van der Waals surface area contributed by atoms with Crippen LogP contribution in [0.2, 0.25) is 0 Å². The van der Waals surface area contributed by atoms with Crippen molar-refractivity contribution < 1.29 is 19.1 Å². The van der Waals surface area contributed by atoms with Crippen molar-refractivity contribution in [1.29, 1.82) is 0 Å². The first-order valence-corrected chi connectivity index (χ1v) is 11.4. The van der Waals surface area contributed by atoms with Crippen LogP contribution >= 0.6 is 0 Å². The van der Waals surface area contributed by atoms with Gasteiger partial charge in [0.25, 0.3) is 0 Å². The highest BCUT2D eigenvalue weighted by Crippen LogP contribution is 2.42. The van der Waals surface area contributed by atoms with Gasteiger partial charge < -0.3 is 25.0 Å². The summed E-state index contributed by atoms with van der Waals surface area (Å²) < 4.78 is 11.0. The highest BCUT2D eigenvalue weighted by molar-refractivity contribution is 5.94. The quantitative estimate of drug-likeness (QED) is 0.553. The zero-order chi connectivity index (χ0) is 23.8. The maximum absolute atomic E-state index is 12.5. The topological polar surface area (TPSA) is 79.9 Å². The highest BCUT2D eigenvalue weighted by Gasteiger charge is 2.33. The van der Waals surface area contributed by atoms with E-state index in [0.717, 1.165) is 51.7 Å². The van der Waals surface area contributed by atoms with Crippen LogP contribution in [0.1, 0.15) is 38.8 Å². The number of hydrogen-bond acceptors (Lipinski definition) is 5. The van der Waals surface area contributed by atoms with Crippen LogP contribution in [0.25, 0.3) is 11.1 Å². The minimum Gasteiger partial charge on any atom is -0.454 e. The Morgan fingerprint density at radius 3 is 2.50 bits per heavy atom. The van der Waals surface area contributed by atoms with Gasteiger partial charge in [0.15, 0.2) is 11.5 Å². The maximum atomic E-state index is 12.5. The summed E-state index contributed by atoms with van der Waals surface area (Å²) in [5.41, 5.74) is 5.64. The van der Waals surface area contributed by atoms with Crippen LogP contribution < -0.4 is 25.0 Å². The largest absolute Gasteiger partial charge is 0.454 e. The number of rotatable bonds is 4. The molecule has 2 amide bonds. The van der Waals surface area contributed by atoms with Gasteiger partial charge in [0.2, 0.25) is 18.6 Å². The Morgan fingerprint density at radius 1 is 0.912 bits per heavy atom. The standard InChI is InChI=1S/C27H27N3O4/c1-16-11-24(29-22-8-10-26-27(14-22)34-15-33-26)23-13-20(7-9-25(23)30(16)18(3)32)19-5-4-6-21(12-19)28-17(2)31/h4-10,12-14,16,24,29H,11,15H2,1-3H3,(H,28,31)/t16-,24+/m0/s1. The van der Waals surface area contributed by atoms with Crippen LogP contribution in [0.3, 0.4) is 0 Å². The van der Waals surface area contributed by atoms with Gasteiger partial charge in [-0.25, -0.2) is 0 Å². The fourth-order valence-corrected chi connectivity index (χ4v) is 4.83. The lowest BCUT2D eigenvalue weighted by molar-refractivity contribution is -0.117. The van der Waals surface area contributed by atoms with Crippen LogP contribution in [-0.4, -0.2) is 24.6 Å². The molecule has 2 N–H and O–H groups in total. The van der Waals surface area contributed by atoms with Crippen molar-refractivity contribution in [2.45, 2.75) is 39.3 Å². The Hall–Kier alpha value is -4.00. The fourth-order valence-electron chi connectivity index (χ4n) is 4.83. The monoisotopic (exact) mass is 457 g/mol. The molecule has 7 nitrogen and oxygen atoms in total. The lowest BCUT2D eigenvalue weighted by Crippen LogP contribution is -2.43. The Bertz CT molecular complexity index is 1270. The third kappa shape index (κ3) is 4.17. The normalized spacial score (nSPS) is 18.3. The van der Waals surface area contributed by atoms with E-state index in [2.05, 4.69) is 23.6 Å². The second-order valence-corrected chi connectivity index (χ2v) is 8.77. The third-order valence-electron chi connectivity index (χ3n) is 6.25. The zero-order valence-corrected chi connectivity index (χ0v) is 19.4. The minimum absolute atomic E-state index is 0.000510. The number of ether oxygens (including phenoxy) is 2. The first-order valence-electron chi connectivity index (χ1n) is 11.4. The summed E-state index contributed by atoms with van der Waals surface area (Å²) in [5.74, 6) is 1.38. The van der Waals surface area contributed by atoms with E-state index in [0.29, 0.717) is 0 Å². The molecule has 2 atom stereocenters. The van der Waals surface area contributed by atoms with Gasteiger partial charge >= 0.3 is 0 Å². The molecule has 3 aromatic carbocycles. The van der Waals surface area contributed by atoms with Gasteiger partial charge in [-0.05, 0) is 66.4 Å². The molecule has 0 spiro atoms. The van der Waals surface area contributed by atoms with Crippen molar-refractivity contribution >= 4 is 28.9 Å². The number of fused-ring (bicyclic) bond motifs is 2. The third-order valence-corrected chi connectivity index (χ3v) is 6.25. The molecule has 0 radical (unpaired) electrons. The summed E-state index contributed by atoms with van der Waals surface area (Å²) in [6.45, 7) is 5.41. The van der Waals surface area contributed by atoms with Gasteiger partial charge in [0.05, 0.1) is 6.04 Å². The number of hydrogen-bond donors (Lipinski definition) is 2. The van der Waals surface area contributed by atoms with E-state index in [1.54, 1.807) is 6.92 Å². The fraction of sp³-hybridized carbons (Fsp3) is 0.259. The van der Waals surface area contributed by atoms with Gasteiger partial charge in [0, 0.05) is 43.0 Å². The van der Waals surface area contributed by atoms with Crippen LogP contribution in [0.15, 0.2) is 60.7 Å². The molecule has 34 heavy (non-hydrogen) atoms. The number of carbonyl (C=O) groups excluding carboxylic acids is 2. The van der Waals surface area contributed by atoms with Crippen LogP contribution in [-0.2, 0) is 9.59 Å². The summed E-state index contributed by atoms with van der Waals surface area (Å²) in [6.07, 6.45) is 0.760. The van der Waals surface area contributed by atoms with Gasteiger partial charge in [-0.15, -0.1) is 0 Å². The van der Waals surface area contributed by atoms with E-state index in [1.807, 2.05) is 59.5 Å². The number of nitrogens with zero attached hydrogens (tertiary/aromatic N) is 1. The second kappa shape index (κ2) is 8.74. The molecule has 0 saturated heterocycles. The Labute approximate surface area is 198 Å². The summed E-state index contributed by atoms with van der Waals surface area (Å²) >= 11 is 0. The smallest absolute Gasteiger partial charge is 0.231 e. The van der Waals surface area contributed by atoms with Crippen molar-refractivity contribution in [1.82, 2.24) is 0 Å². The van der Waals surface area contributed by atoms with Gasteiger partial charge in [-0.1, -0.05) is 18.2 Å². The van der Waals surface area contributed by atoms with Gasteiger partial charge in [0.1, 0.15) is 0 Å². The molecule has 0 bridgehead atoms. The maximum Gasteiger partial charge on any atom is 0.231 e. The Morgan fingerprint density at radius 2 is 1.71 bits per heavy atom. The number of amides is 2. The van der Waals surface area contributed by atoms with E-state index in [4.69, 9.17) is 9.47 Å². The molecule has 0 unspecified atom stereocenters. The summed E-state index contributed by atoms with van der Waals surface area (Å²) in [6, 6.07) is 19.8. The molecule has 0 saturated carbocycles. The molecular weight excluding hydrogens is 430 g/mol. The predicted molar refractivity (Wildman–Crippen MR) is 132 cm³/mol. The summed E-state index contributed by atoms with van der Waals surface area (Å²) in [7, 11) is 0. The molecule has 0 aliphatic carbocycles.